The number of carbonyl (C=O) groups excluding carboxylic acids is 3. The topological polar surface area (TPSA) is 107 Å². The Morgan fingerprint density at radius 3 is 2.42 bits per heavy atom. The Hall–Kier alpha value is -4.01. The van der Waals surface area contributed by atoms with Crippen LogP contribution >= 0.6 is 0 Å². The molecule has 0 aliphatic carbocycles. The number of amides is 3. The average molecular weight is 449 g/mol. The summed E-state index contributed by atoms with van der Waals surface area (Å²) in [6.07, 6.45) is 1.41. The predicted octanol–water partition coefficient (Wildman–Crippen LogP) is 2.94. The zero-order valence-electron chi connectivity index (χ0n) is 17.9. The van der Waals surface area contributed by atoms with Gasteiger partial charge in [0, 0.05) is 30.3 Å². The largest absolute Gasteiger partial charge is 0.343 e. The van der Waals surface area contributed by atoms with Crippen LogP contribution in [0.4, 0.5) is 10.1 Å². The molecule has 8 nitrogen and oxygen atoms in total. The number of hydrogen-bond acceptors (Lipinski definition) is 4. The van der Waals surface area contributed by atoms with Gasteiger partial charge >= 0.3 is 0 Å². The first kappa shape index (κ1) is 22.2. The van der Waals surface area contributed by atoms with Crippen molar-refractivity contribution in [2.24, 2.45) is 0 Å². The second-order valence-electron chi connectivity index (χ2n) is 7.85. The summed E-state index contributed by atoms with van der Waals surface area (Å²) in [5, 5.41) is 12.1. The van der Waals surface area contributed by atoms with E-state index in [1.807, 2.05) is 6.07 Å². The fourth-order valence-corrected chi connectivity index (χ4v) is 3.81. The van der Waals surface area contributed by atoms with Gasteiger partial charge in [0.25, 0.3) is 11.8 Å². The van der Waals surface area contributed by atoms with Crippen LogP contribution in [0.25, 0.3) is 0 Å². The molecule has 1 aliphatic heterocycles. The predicted molar refractivity (Wildman–Crippen MR) is 120 cm³/mol. The Kier molecular flexibility index (Phi) is 6.77. The maximum Gasteiger partial charge on any atom is 0.276 e. The van der Waals surface area contributed by atoms with Crippen LogP contribution in [0, 0.1) is 5.82 Å². The van der Waals surface area contributed by atoms with Crippen LogP contribution in [0.3, 0.4) is 0 Å². The van der Waals surface area contributed by atoms with Crippen LogP contribution in [0.15, 0.2) is 60.7 Å². The molecule has 0 saturated carbocycles. The third-order valence-corrected chi connectivity index (χ3v) is 5.68. The Morgan fingerprint density at radius 1 is 1.00 bits per heavy atom. The molecule has 3 amide bonds. The third-order valence-electron chi connectivity index (χ3n) is 5.68. The first-order valence-electron chi connectivity index (χ1n) is 10.7. The third kappa shape index (κ3) is 5.43. The molecule has 0 unspecified atom stereocenters. The number of para-hydroxylation sites is 1. The first-order valence-corrected chi connectivity index (χ1v) is 10.7. The molecule has 3 aromatic rings. The number of rotatable bonds is 6. The first-order chi connectivity index (χ1) is 16.0. The SMILES string of the molecule is O=C(NCC(=O)N1CCC(c2cc(C(=O)Nc3ccccc3F)n[nH]2)CC1)c1ccccc1. The molecule has 9 heteroatoms. The van der Waals surface area contributed by atoms with Gasteiger partial charge in [-0.1, -0.05) is 30.3 Å². The van der Waals surface area contributed by atoms with Crippen molar-refractivity contribution in [1.29, 1.82) is 0 Å². The highest BCUT2D eigenvalue weighted by atomic mass is 19.1. The van der Waals surface area contributed by atoms with E-state index in [0.29, 0.717) is 31.5 Å². The van der Waals surface area contributed by atoms with Gasteiger partial charge in [-0.15, -0.1) is 0 Å². The highest BCUT2D eigenvalue weighted by molar-refractivity contribution is 6.03. The Labute approximate surface area is 190 Å². The smallest absolute Gasteiger partial charge is 0.276 e. The van der Waals surface area contributed by atoms with E-state index in [1.165, 1.54) is 12.1 Å². The van der Waals surface area contributed by atoms with E-state index in [0.717, 1.165) is 5.69 Å². The number of H-pyrrole nitrogens is 1. The Morgan fingerprint density at radius 2 is 1.70 bits per heavy atom. The lowest BCUT2D eigenvalue weighted by Gasteiger charge is -2.31. The summed E-state index contributed by atoms with van der Waals surface area (Å²) in [6.45, 7) is 1.03. The molecule has 1 fully saturated rings. The van der Waals surface area contributed by atoms with Gasteiger partial charge in [-0.05, 0) is 43.2 Å². The summed E-state index contributed by atoms with van der Waals surface area (Å²) in [4.78, 5) is 38.7. The number of aromatic nitrogens is 2. The van der Waals surface area contributed by atoms with Crippen LogP contribution in [-0.2, 0) is 4.79 Å². The number of benzene rings is 2. The van der Waals surface area contributed by atoms with Crippen LogP contribution < -0.4 is 10.6 Å². The number of piperidine rings is 1. The molecular formula is C24H24FN5O3. The van der Waals surface area contributed by atoms with Gasteiger partial charge in [0.05, 0.1) is 12.2 Å². The molecule has 2 aromatic carbocycles. The van der Waals surface area contributed by atoms with Gasteiger partial charge in [0.15, 0.2) is 5.69 Å². The fraction of sp³-hybridized carbons (Fsp3) is 0.250. The minimum absolute atomic E-state index is 0.0528. The van der Waals surface area contributed by atoms with Crippen LogP contribution in [0.5, 0.6) is 0 Å². The number of hydrogen-bond donors (Lipinski definition) is 3. The summed E-state index contributed by atoms with van der Waals surface area (Å²) in [5.41, 5.74) is 1.59. The van der Waals surface area contributed by atoms with Crippen molar-refractivity contribution in [2.75, 3.05) is 25.0 Å². The van der Waals surface area contributed by atoms with Crippen molar-refractivity contribution in [3.63, 3.8) is 0 Å². The number of aromatic amines is 1. The van der Waals surface area contributed by atoms with E-state index in [-0.39, 0.29) is 35.7 Å². The molecular weight excluding hydrogens is 425 g/mol. The fourth-order valence-electron chi connectivity index (χ4n) is 3.81. The molecule has 33 heavy (non-hydrogen) atoms. The monoisotopic (exact) mass is 449 g/mol. The molecule has 0 spiro atoms. The second-order valence-corrected chi connectivity index (χ2v) is 7.85. The number of nitrogens with zero attached hydrogens (tertiary/aromatic N) is 2. The van der Waals surface area contributed by atoms with Gasteiger partial charge in [-0.2, -0.15) is 5.10 Å². The summed E-state index contributed by atoms with van der Waals surface area (Å²) in [5.74, 6) is -1.30. The van der Waals surface area contributed by atoms with Crippen molar-refractivity contribution in [2.45, 2.75) is 18.8 Å². The minimum atomic E-state index is -0.515. The number of halogens is 1. The Balaban J connectivity index is 1.26. The molecule has 1 aliphatic rings. The molecule has 3 N–H and O–H groups in total. The molecule has 0 atom stereocenters. The van der Waals surface area contributed by atoms with E-state index < -0.39 is 11.7 Å². The lowest BCUT2D eigenvalue weighted by Crippen LogP contribution is -2.43. The molecule has 0 radical (unpaired) electrons. The lowest BCUT2D eigenvalue weighted by atomic mass is 9.93. The number of carbonyl (C=O) groups is 3. The Bertz CT molecular complexity index is 1140. The van der Waals surface area contributed by atoms with Crippen LogP contribution in [0.2, 0.25) is 0 Å². The van der Waals surface area contributed by atoms with Gasteiger partial charge < -0.3 is 15.5 Å². The zero-order chi connectivity index (χ0) is 23.2. The van der Waals surface area contributed by atoms with Crippen LogP contribution in [-0.4, -0.2) is 52.5 Å². The van der Waals surface area contributed by atoms with Crippen molar-refractivity contribution in [1.82, 2.24) is 20.4 Å². The maximum atomic E-state index is 13.8. The van der Waals surface area contributed by atoms with E-state index in [9.17, 15) is 18.8 Å². The van der Waals surface area contributed by atoms with Crippen LogP contribution in [0.1, 0.15) is 45.3 Å². The van der Waals surface area contributed by atoms with Gasteiger partial charge in [0.2, 0.25) is 5.91 Å². The van der Waals surface area contributed by atoms with Gasteiger partial charge in [0.1, 0.15) is 5.82 Å². The van der Waals surface area contributed by atoms with E-state index in [2.05, 4.69) is 20.8 Å². The van der Waals surface area contributed by atoms with Crippen molar-refractivity contribution in [3.05, 3.63) is 83.4 Å². The molecule has 1 aromatic heterocycles. The van der Waals surface area contributed by atoms with Gasteiger partial charge in [-0.25, -0.2) is 4.39 Å². The standard InChI is InChI=1S/C24H24FN5O3/c25-18-8-4-5-9-19(18)27-24(33)21-14-20(28-29-21)16-10-12-30(13-11-16)22(31)15-26-23(32)17-6-2-1-3-7-17/h1-9,14,16H,10-13,15H2,(H,26,32)(H,27,33)(H,28,29). The summed E-state index contributed by atoms with van der Waals surface area (Å²) in [7, 11) is 0. The van der Waals surface area contributed by atoms with Crippen molar-refractivity contribution in [3.8, 4) is 0 Å². The highest BCUT2D eigenvalue weighted by Crippen LogP contribution is 2.27. The normalized spacial score (nSPS) is 14.0. The summed E-state index contributed by atoms with van der Waals surface area (Å²) < 4.78 is 13.8. The maximum absolute atomic E-state index is 13.8. The number of anilines is 1. The highest BCUT2D eigenvalue weighted by Gasteiger charge is 2.26. The zero-order valence-corrected chi connectivity index (χ0v) is 17.9. The quantitative estimate of drug-likeness (QED) is 0.538. The van der Waals surface area contributed by atoms with E-state index >= 15 is 0 Å². The second kappa shape index (κ2) is 10.1. The van der Waals surface area contributed by atoms with Crippen molar-refractivity contribution >= 4 is 23.4 Å². The van der Waals surface area contributed by atoms with E-state index in [1.54, 1.807) is 47.4 Å². The molecule has 4 rings (SSSR count). The average Bonchev–Trinajstić information content (AvgIpc) is 3.35. The summed E-state index contributed by atoms with van der Waals surface area (Å²) >= 11 is 0. The van der Waals surface area contributed by atoms with Gasteiger partial charge in [-0.3, -0.25) is 19.5 Å². The summed E-state index contributed by atoms with van der Waals surface area (Å²) in [6, 6.07) is 16.4. The van der Waals surface area contributed by atoms with E-state index in [4.69, 9.17) is 0 Å². The van der Waals surface area contributed by atoms with Crippen molar-refractivity contribution < 1.29 is 18.8 Å². The lowest BCUT2D eigenvalue weighted by molar-refractivity contribution is -0.131. The molecule has 170 valence electrons. The number of nitrogens with one attached hydrogen (secondary N) is 3. The molecule has 1 saturated heterocycles. The number of likely N-dealkylation sites (tertiary alicyclic amines) is 1. The molecule has 0 bridgehead atoms. The molecule has 2 heterocycles. The minimum Gasteiger partial charge on any atom is -0.343 e.